The molecular weight excluding hydrogens is 596 g/mol. The van der Waals surface area contributed by atoms with Crippen LogP contribution in [0.25, 0.3) is 33.3 Å². The summed E-state index contributed by atoms with van der Waals surface area (Å²) in [6.45, 7) is 6.96. The van der Waals surface area contributed by atoms with Crippen LogP contribution in [0.3, 0.4) is 0 Å². The number of hydrogen-bond donors (Lipinski definition) is 1. The van der Waals surface area contributed by atoms with Crippen molar-refractivity contribution in [3.05, 3.63) is 107 Å². The fourth-order valence-electron chi connectivity index (χ4n) is 6.70. The van der Waals surface area contributed by atoms with Gasteiger partial charge in [0.1, 0.15) is 0 Å². The Labute approximate surface area is 270 Å². The minimum absolute atomic E-state index is 0.135. The van der Waals surface area contributed by atoms with Crippen LogP contribution >= 0.6 is 0 Å². The molecule has 1 amide bonds. The standard InChI is InChI=1S/C37H38N4O4S/c1-24-4-11-32(12-5-24)46(44,45)41-23-35(26-6-8-28(9-7-26)37(43)40-21-31(42)22-40)34-19-30(20-38-36(34)41)29-10-13-33(25(2)18-29)27-14-16-39(3)17-15-27/h4-13,18-20,23,27,31,42H,14-17,21-22H2,1-3H3. The molecule has 0 aliphatic carbocycles. The third-order valence-corrected chi connectivity index (χ3v) is 11.2. The third-order valence-electron chi connectivity index (χ3n) is 9.54. The van der Waals surface area contributed by atoms with E-state index in [-0.39, 0.29) is 10.8 Å². The number of likely N-dealkylation sites (tertiary alicyclic amines) is 2. The van der Waals surface area contributed by atoms with Crippen molar-refractivity contribution in [1.82, 2.24) is 18.8 Å². The number of carbonyl (C=O) groups excluding carboxylic acids is 1. The SMILES string of the molecule is Cc1ccc(S(=O)(=O)n2cc(-c3ccc(C(=O)N4CC(O)C4)cc3)c3cc(-c4ccc(C5CCN(C)CC5)c(C)c4)cnc32)cc1. The van der Waals surface area contributed by atoms with Crippen LogP contribution in [-0.4, -0.2) is 77.5 Å². The fourth-order valence-corrected chi connectivity index (χ4v) is 8.03. The smallest absolute Gasteiger partial charge is 0.269 e. The molecule has 46 heavy (non-hydrogen) atoms. The number of nitrogens with zero attached hydrogens (tertiary/aromatic N) is 4. The van der Waals surface area contributed by atoms with E-state index in [0.717, 1.165) is 48.2 Å². The highest BCUT2D eigenvalue weighted by atomic mass is 32.2. The molecule has 0 unspecified atom stereocenters. The van der Waals surface area contributed by atoms with Crippen LogP contribution < -0.4 is 0 Å². The first kappa shape index (κ1) is 30.3. The maximum absolute atomic E-state index is 13.9. The number of rotatable bonds is 6. The van der Waals surface area contributed by atoms with Crippen molar-refractivity contribution in [2.45, 2.75) is 43.6 Å². The molecule has 5 aromatic rings. The molecule has 2 fully saturated rings. The monoisotopic (exact) mass is 634 g/mol. The van der Waals surface area contributed by atoms with E-state index in [1.807, 2.05) is 25.1 Å². The molecule has 8 nitrogen and oxygen atoms in total. The first-order valence-electron chi connectivity index (χ1n) is 15.8. The topological polar surface area (TPSA) is 95.7 Å². The first-order valence-corrected chi connectivity index (χ1v) is 17.2. The number of fused-ring (bicyclic) bond motifs is 1. The number of aliphatic hydroxyl groups is 1. The Kier molecular flexibility index (Phi) is 7.79. The second-order valence-electron chi connectivity index (χ2n) is 12.8. The number of β-amino-alcohol motifs (C(OH)–C–C–N with tert-alkyl or cyclic N) is 1. The van der Waals surface area contributed by atoms with E-state index in [0.29, 0.717) is 41.2 Å². The molecule has 2 saturated heterocycles. The molecule has 2 aromatic heterocycles. The Morgan fingerprint density at radius 1 is 0.870 bits per heavy atom. The number of benzene rings is 3. The molecule has 0 saturated carbocycles. The number of piperidine rings is 1. The third kappa shape index (κ3) is 5.53. The molecule has 0 bridgehead atoms. The predicted molar refractivity (Wildman–Crippen MR) is 180 cm³/mol. The molecule has 2 aliphatic heterocycles. The van der Waals surface area contributed by atoms with Gasteiger partial charge in [0.15, 0.2) is 5.65 Å². The van der Waals surface area contributed by atoms with E-state index >= 15 is 0 Å². The van der Waals surface area contributed by atoms with Crippen molar-refractivity contribution >= 4 is 27.0 Å². The van der Waals surface area contributed by atoms with Crippen molar-refractivity contribution in [3.8, 4) is 22.3 Å². The summed E-state index contributed by atoms with van der Waals surface area (Å²) in [6.07, 6.45) is 5.22. The zero-order valence-corrected chi connectivity index (χ0v) is 27.2. The number of aliphatic hydroxyl groups excluding tert-OH is 1. The van der Waals surface area contributed by atoms with E-state index in [1.165, 1.54) is 15.1 Å². The lowest BCUT2D eigenvalue weighted by Gasteiger charge is -2.35. The maximum Gasteiger partial charge on any atom is 0.269 e. The lowest BCUT2D eigenvalue weighted by molar-refractivity contribution is 0.00590. The van der Waals surface area contributed by atoms with E-state index in [1.54, 1.807) is 53.7 Å². The lowest BCUT2D eigenvalue weighted by atomic mass is 9.86. The molecule has 3 aromatic carbocycles. The summed E-state index contributed by atoms with van der Waals surface area (Å²) in [6, 6.07) is 22.6. The summed E-state index contributed by atoms with van der Waals surface area (Å²) in [5.41, 5.74) is 7.89. The van der Waals surface area contributed by atoms with Crippen molar-refractivity contribution in [1.29, 1.82) is 0 Å². The summed E-state index contributed by atoms with van der Waals surface area (Å²) < 4.78 is 29.2. The Balaban J connectivity index is 1.30. The molecule has 0 spiro atoms. The Hall–Kier alpha value is -4.31. The van der Waals surface area contributed by atoms with Gasteiger partial charge in [-0.15, -0.1) is 0 Å². The van der Waals surface area contributed by atoms with Crippen LogP contribution in [-0.2, 0) is 10.0 Å². The Morgan fingerprint density at radius 3 is 2.20 bits per heavy atom. The molecule has 4 heterocycles. The fraction of sp³-hybridized carbons (Fsp3) is 0.297. The van der Waals surface area contributed by atoms with Crippen LogP contribution in [0.15, 0.2) is 90.1 Å². The number of carbonyl (C=O) groups is 1. The van der Waals surface area contributed by atoms with Gasteiger partial charge < -0.3 is 14.9 Å². The molecule has 0 atom stereocenters. The number of aromatic nitrogens is 2. The van der Waals surface area contributed by atoms with Crippen LogP contribution in [0.5, 0.6) is 0 Å². The van der Waals surface area contributed by atoms with Crippen LogP contribution in [0.2, 0.25) is 0 Å². The molecule has 7 rings (SSSR count). The van der Waals surface area contributed by atoms with Gasteiger partial charge in [0.2, 0.25) is 0 Å². The molecule has 236 valence electrons. The minimum Gasteiger partial charge on any atom is -0.389 e. The van der Waals surface area contributed by atoms with Gasteiger partial charge in [-0.3, -0.25) is 4.79 Å². The molecule has 2 aliphatic rings. The number of hydrogen-bond acceptors (Lipinski definition) is 6. The van der Waals surface area contributed by atoms with Crippen LogP contribution in [0, 0.1) is 13.8 Å². The van der Waals surface area contributed by atoms with E-state index in [2.05, 4.69) is 37.1 Å². The minimum atomic E-state index is -3.94. The van der Waals surface area contributed by atoms with E-state index in [4.69, 9.17) is 4.98 Å². The van der Waals surface area contributed by atoms with E-state index in [9.17, 15) is 18.3 Å². The summed E-state index contributed by atoms with van der Waals surface area (Å²) in [5, 5.41) is 10.3. The highest BCUT2D eigenvalue weighted by molar-refractivity contribution is 7.90. The number of amides is 1. The summed E-state index contributed by atoms with van der Waals surface area (Å²) in [7, 11) is -1.77. The molecular formula is C37H38N4O4S. The van der Waals surface area contributed by atoms with Gasteiger partial charge in [-0.1, -0.05) is 48.0 Å². The highest BCUT2D eigenvalue weighted by Crippen LogP contribution is 2.37. The predicted octanol–water partition coefficient (Wildman–Crippen LogP) is 5.85. The van der Waals surface area contributed by atoms with Crippen LogP contribution in [0.4, 0.5) is 0 Å². The Bertz CT molecular complexity index is 2040. The number of pyridine rings is 1. The van der Waals surface area contributed by atoms with Gasteiger partial charge >= 0.3 is 0 Å². The zero-order chi connectivity index (χ0) is 32.2. The van der Waals surface area contributed by atoms with Gasteiger partial charge in [0, 0.05) is 47.6 Å². The Morgan fingerprint density at radius 2 is 1.54 bits per heavy atom. The van der Waals surface area contributed by atoms with Gasteiger partial charge in [0.05, 0.1) is 11.0 Å². The molecule has 1 N–H and O–H groups in total. The van der Waals surface area contributed by atoms with Gasteiger partial charge in [-0.05, 0) is 105 Å². The quantitative estimate of drug-likeness (QED) is 0.252. The van der Waals surface area contributed by atoms with Crippen molar-refractivity contribution < 1.29 is 18.3 Å². The second kappa shape index (κ2) is 11.8. The largest absolute Gasteiger partial charge is 0.389 e. The normalized spacial score (nSPS) is 16.6. The zero-order valence-electron chi connectivity index (χ0n) is 26.3. The summed E-state index contributed by atoms with van der Waals surface area (Å²) >= 11 is 0. The lowest BCUT2D eigenvalue weighted by Crippen LogP contribution is -2.53. The van der Waals surface area contributed by atoms with Crippen molar-refractivity contribution in [2.24, 2.45) is 0 Å². The van der Waals surface area contributed by atoms with Crippen molar-refractivity contribution in [3.63, 3.8) is 0 Å². The van der Waals surface area contributed by atoms with E-state index < -0.39 is 16.1 Å². The van der Waals surface area contributed by atoms with Gasteiger partial charge in [-0.25, -0.2) is 17.4 Å². The van der Waals surface area contributed by atoms with Gasteiger partial charge in [-0.2, -0.15) is 0 Å². The van der Waals surface area contributed by atoms with Crippen molar-refractivity contribution in [2.75, 3.05) is 33.2 Å². The molecule has 0 radical (unpaired) electrons. The molecule has 9 heteroatoms. The first-order chi connectivity index (χ1) is 22.1. The van der Waals surface area contributed by atoms with Gasteiger partial charge in [0.25, 0.3) is 15.9 Å². The highest BCUT2D eigenvalue weighted by Gasteiger charge is 2.30. The summed E-state index contributed by atoms with van der Waals surface area (Å²) in [4.78, 5) is 21.8. The number of aryl methyl sites for hydroxylation is 2. The average Bonchev–Trinajstić information content (AvgIpc) is 3.43. The summed E-state index contributed by atoms with van der Waals surface area (Å²) in [5.74, 6) is 0.420. The maximum atomic E-state index is 13.9. The average molecular weight is 635 g/mol. The van der Waals surface area contributed by atoms with Crippen LogP contribution in [0.1, 0.15) is 45.8 Å². The second-order valence-corrected chi connectivity index (χ2v) is 14.7.